The third kappa shape index (κ3) is 2.64. The number of hydrogen-bond acceptors (Lipinski definition) is 3. The highest BCUT2D eigenvalue weighted by Crippen LogP contribution is 2.46. The van der Waals surface area contributed by atoms with E-state index in [-0.39, 0.29) is 23.3 Å². The van der Waals surface area contributed by atoms with Crippen LogP contribution in [0.1, 0.15) is 43.2 Å². The molecule has 1 aromatic carbocycles. The summed E-state index contributed by atoms with van der Waals surface area (Å²) in [7, 11) is 0. The van der Waals surface area contributed by atoms with Crippen LogP contribution in [-0.4, -0.2) is 11.5 Å². The van der Waals surface area contributed by atoms with Gasteiger partial charge in [-0.25, -0.2) is 0 Å². The van der Waals surface area contributed by atoms with Gasteiger partial charge in [-0.05, 0) is 31.4 Å². The van der Waals surface area contributed by atoms with E-state index in [1.165, 1.54) is 18.2 Å². The quantitative estimate of drug-likeness (QED) is 0.765. The topological polar surface area (TPSA) is 53.2 Å². The average molecular weight is 332 g/mol. The number of rotatable bonds is 1. The summed E-state index contributed by atoms with van der Waals surface area (Å²) in [6, 6.07) is 7.23. The molecule has 1 heterocycles. The lowest BCUT2D eigenvalue weighted by atomic mass is 9.71. The van der Waals surface area contributed by atoms with Crippen LogP contribution < -0.4 is 0 Å². The smallest absolute Gasteiger partial charge is 0.294 e. The first-order chi connectivity index (χ1) is 11.3. The number of allylic oxidation sites excluding steroid dienone is 2. The standard InChI is InChI=1S/C18H15F3N2O/c1-10-12(9-22)16(17-14(23-10)7-4-8-15(17)24)11-5-2-3-6-13(11)18(19,20)21/h2-3,5-6,12,16H,4,7-8H2,1H3. The Kier molecular flexibility index (Phi) is 4.04. The normalized spacial score (nSPS) is 24.3. The monoisotopic (exact) mass is 332 g/mol. The van der Waals surface area contributed by atoms with Crippen LogP contribution in [-0.2, 0) is 11.0 Å². The van der Waals surface area contributed by atoms with Crippen molar-refractivity contribution in [2.75, 3.05) is 0 Å². The van der Waals surface area contributed by atoms with Gasteiger partial charge in [-0.15, -0.1) is 0 Å². The maximum Gasteiger partial charge on any atom is 0.416 e. The zero-order valence-electron chi connectivity index (χ0n) is 13.0. The van der Waals surface area contributed by atoms with Crippen molar-refractivity contribution in [3.8, 4) is 6.07 Å². The lowest BCUT2D eigenvalue weighted by Crippen LogP contribution is -2.32. The Hall–Kier alpha value is -2.42. The number of nitriles is 1. The number of ketones is 1. The molecule has 1 aliphatic heterocycles. The van der Waals surface area contributed by atoms with Gasteiger partial charge in [-0.2, -0.15) is 18.4 Å². The van der Waals surface area contributed by atoms with E-state index >= 15 is 0 Å². The molecule has 0 amide bonds. The number of halogens is 3. The van der Waals surface area contributed by atoms with Crippen LogP contribution in [0.3, 0.4) is 0 Å². The molecule has 6 heteroatoms. The van der Waals surface area contributed by atoms with Crippen LogP contribution in [0.25, 0.3) is 0 Å². The molecule has 0 fully saturated rings. The second-order valence-electron chi connectivity index (χ2n) is 6.06. The summed E-state index contributed by atoms with van der Waals surface area (Å²) in [4.78, 5) is 16.8. The molecule has 3 nitrogen and oxygen atoms in total. The molecule has 0 bridgehead atoms. The van der Waals surface area contributed by atoms with Crippen LogP contribution in [0.2, 0.25) is 0 Å². The van der Waals surface area contributed by atoms with Crippen LogP contribution >= 0.6 is 0 Å². The van der Waals surface area contributed by atoms with Crippen molar-refractivity contribution < 1.29 is 18.0 Å². The average Bonchev–Trinajstić information content (AvgIpc) is 2.53. The van der Waals surface area contributed by atoms with E-state index in [0.717, 1.165) is 6.07 Å². The molecule has 124 valence electrons. The van der Waals surface area contributed by atoms with Crippen molar-refractivity contribution in [3.05, 3.63) is 46.7 Å². The lowest BCUT2D eigenvalue weighted by Gasteiger charge is -2.33. The number of nitrogens with zero attached hydrogens (tertiary/aromatic N) is 2. The summed E-state index contributed by atoms with van der Waals surface area (Å²) < 4.78 is 40.3. The molecule has 0 saturated carbocycles. The SMILES string of the molecule is CC1=NC2=C(C(=O)CCC2)C(c2ccccc2C(F)(F)F)C1C#N. The molecule has 1 aliphatic carbocycles. The van der Waals surface area contributed by atoms with Gasteiger partial charge in [0.25, 0.3) is 0 Å². The van der Waals surface area contributed by atoms with Gasteiger partial charge in [0.1, 0.15) is 0 Å². The molecule has 24 heavy (non-hydrogen) atoms. The van der Waals surface area contributed by atoms with Gasteiger partial charge in [-0.1, -0.05) is 18.2 Å². The van der Waals surface area contributed by atoms with Crippen molar-refractivity contribution in [3.63, 3.8) is 0 Å². The minimum atomic E-state index is -4.54. The molecule has 2 atom stereocenters. The van der Waals surface area contributed by atoms with E-state index in [0.29, 0.717) is 24.3 Å². The van der Waals surface area contributed by atoms with Crippen LogP contribution in [0.5, 0.6) is 0 Å². The molecule has 2 aliphatic rings. The summed E-state index contributed by atoms with van der Waals surface area (Å²) in [6.45, 7) is 1.64. The number of alkyl halides is 3. The van der Waals surface area contributed by atoms with Crippen molar-refractivity contribution in [2.45, 2.75) is 38.3 Å². The lowest BCUT2D eigenvalue weighted by molar-refractivity contribution is -0.138. The Morgan fingerprint density at radius 1 is 1.25 bits per heavy atom. The number of carbonyl (C=O) groups is 1. The highest BCUT2D eigenvalue weighted by atomic mass is 19.4. The fourth-order valence-corrected chi connectivity index (χ4v) is 3.54. The molecule has 0 saturated heterocycles. The van der Waals surface area contributed by atoms with Gasteiger partial charge < -0.3 is 0 Å². The second kappa shape index (κ2) is 5.90. The molecule has 0 N–H and O–H groups in total. The van der Waals surface area contributed by atoms with Gasteiger partial charge in [0.15, 0.2) is 5.78 Å². The van der Waals surface area contributed by atoms with Gasteiger partial charge >= 0.3 is 6.18 Å². The van der Waals surface area contributed by atoms with Gasteiger partial charge in [-0.3, -0.25) is 9.79 Å². The first-order valence-corrected chi connectivity index (χ1v) is 7.71. The van der Waals surface area contributed by atoms with E-state index in [1.54, 1.807) is 6.92 Å². The van der Waals surface area contributed by atoms with E-state index in [9.17, 15) is 23.2 Å². The van der Waals surface area contributed by atoms with Gasteiger partial charge in [0.2, 0.25) is 0 Å². The molecule has 3 rings (SSSR count). The van der Waals surface area contributed by atoms with Crippen LogP contribution in [0, 0.1) is 17.2 Å². The Morgan fingerprint density at radius 3 is 2.62 bits per heavy atom. The third-order valence-electron chi connectivity index (χ3n) is 4.57. The van der Waals surface area contributed by atoms with Gasteiger partial charge in [0.05, 0.1) is 17.6 Å². The minimum Gasteiger partial charge on any atom is -0.294 e. The van der Waals surface area contributed by atoms with Gasteiger partial charge in [0, 0.05) is 29.3 Å². The van der Waals surface area contributed by atoms with E-state index < -0.39 is 23.6 Å². The van der Waals surface area contributed by atoms with Crippen LogP contribution in [0.4, 0.5) is 13.2 Å². The Morgan fingerprint density at radius 2 is 1.96 bits per heavy atom. The summed E-state index contributed by atoms with van der Waals surface area (Å²) in [5.41, 5.74) is 0.476. The predicted octanol–water partition coefficient (Wildman–Crippen LogP) is 4.41. The third-order valence-corrected chi connectivity index (χ3v) is 4.57. The molecular weight excluding hydrogens is 317 g/mol. The summed E-state index contributed by atoms with van der Waals surface area (Å²) >= 11 is 0. The predicted molar refractivity (Wildman–Crippen MR) is 82.3 cm³/mol. The molecule has 1 aromatic rings. The number of aliphatic imine (C=N–C) groups is 1. The first kappa shape index (κ1) is 16.4. The van der Waals surface area contributed by atoms with Crippen molar-refractivity contribution in [1.82, 2.24) is 0 Å². The van der Waals surface area contributed by atoms with Crippen LogP contribution in [0.15, 0.2) is 40.5 Å². The molecular formula is C18H15F3N2O. The van der Waals surface area contributed by atoms with E-state index in [1.807, 2.05) is 6.07 Å². The number of Topliss-reactive ketones (excluding diaryl/α,β-unsaturated/α-hetero) is 1. The summed E-state index contributed by atoms with van der Waals surface area (Å²) in [5, 5.41) is 9.52. The highest BCUT2D eigenvalue weighted by Gasteiger charge is 2.43. The number of carbonyl (C=O) groups excluding carboxylic acids is 1. The Balaban J connectivity index is 2.25. The number of hydrogen-bond donors (Lipinski definition) is 0. The highest BCUT2D eigenvalue weighted by molar-refractivity contribution is 6.03. The second-order valence-corrected chi connectivity index (χ2v) is 6.06. The fourth-order valence-electron chi connectivity index (χ4n) is 3.54. The largest absolute Gasteiger partial charge is 0.416 e. The van der Waals surface area contributed by atoms with E-state index in [4.69, 9.17) is 0 Å². The zero-order valence-corrected chi connectivity index (χ0v) is 13.0. The molecule has 0 aromatic heterocycles. The Bertz CT molecular complexity index is 799. The maximum absolute atomic E-state index is 13.4. The first-order valence-electron chi connectivity index (χ1n) is 7.71. The zero-order chi connectivity index (χ0) is 17.5. The molecule has 0 radical (unpaired) electrons. The molecule has 0 spiro atoms. The summed E-state index contributed by atoms with van der Waals surface area (Å²) in [6.07, 6.45) is -3.06. The summed E-state index contributed by atoms with van der Waals surface area (Å²) in [5.74, 6) is -1.97. The molecule has 2 unspecified atom stereocenters. The fraction of sp³-hybridized carbons (Fsp3) is 0.389. The Labute approximate surface area is 137 Å². The number of benzene rings is 1. The van der Waals surface area contributed by atoms with Crippen molar-refractivity contribution in [1.29, 1.82) is 5.26 Å². The minimum absolute atomic E-state index is 0.0199. The maximum atomic E-state index is 13.4. The van der Waals surface area contributed by atoms with Crippen molar-refractivity contribution in [2.24, 2.45) is 10.9 Å². The van der Waals surface area contributed by atoms with Crippen molar-refractivity contribution >= 4 is 11.5 Å². The van der Waals surface area contributed by atoms with E-state index in [2.05, 4.69) is 4.99 Å².